The summed E-state index contributed by atoms with van der Waals surface area (Å²) in [6.45, 7) is 3.88. The summed E-state index contributed by atoms with van der Waals surface area (Å²) in [5.41, 5.74) is 2.08. The maximum atomic E-state index is 12.6. The predicted octanol–water partition coefficient (Wildman–Crippen LogP) is 3.85. The van der Waals surface area contributed by atoms with Crippen LogP contribution in [0.4, 0.5) is 0 Å². The molecule has 4 rings (SSSR count). The van der Waals surface area contributed by atoms with Gasteiger partial charge in [0.2, 0.25) is 0 Å². The third-order valence-corrected chi connectivity index (χ3v) is 4.60. The first-order valence-electron chi connectivity index (χ1n) is 9.25. The number of carbonyl (C=O) groups is 1. The molecule has 2 aromatic heterocycles. The fraction of sp³-hybridized carbons (Fsp3) is 0.333. The van der Waals surface area contributed by atoms with Crippen molar-refractivity contribution < 1.29 is 19.0 Å². The van der Waals surface area contributed by atoms with Crippen molar-refractivity contribution in [3.63, 3.8) is 0 Å². The third-order valence-electron chi connectivity index (χ3n) is 4.60. The van der Waals surface area contributed by atoms with Crippen LogP contribution >= 0.6 is 0 Å². The van der Waals surface area contributed by atoms with Gasteiger partial charge in [-0.1, -0.05) is 18.2 Å². The van der Waals surface area contributed by atoms with Crippen molar-refractivity contribution in [2.24, 2.45) is 0 Å². The molecule has 1 fully saturated rings. The lowest BCUT2D eigenvalue weighted by molar-refractivity contribution is 0.0733. The van der Waals surface area contributed by atoms with Crippen molar-refractivity contribution in [1.82, 2.24) is 9.38 Å². The van der Waals surface area contributed by atoms with E-state index in [1.165, 1.54) is 0 Å². The Balaban J connectivity index is 1.67. The van der Waals surface area contributed by atoms with Crippen LogP contribution in [-0.2, 0) is 4.74 Å². The first-order chi connectivity index (χ1) is 13.2. The van der Waals surface area contributed by atoms with Crippen LogP contribution in [0.1, 0.15) is 41.7 Å². The van der Waals surface area contributed by atoms with Crippen LogP contribution in [0.25, 0.3) is 5.65 Å². The maximum absolute atomic E-state index is 12.6. The zero-order chi connectivity index (χ0) is 18.6. The second-order valence-electron chi connectivity index (χ2n) is 6.54. The molecule has 6 nitrogen and oxygen atoms in total. The molecule has 1 aliphatic rings. The zero-order valence-electron chi connectivity index (χ0n) is 15.3. The Morgan fingerprint density at radius 2 is 2.15 bits per heavy atom. The number of pyridine rings is 1. The molecule has 1 atom stereocenters. The van der Waals surface area contributed by atoms with Gasteiger partial charge >= 0.3 is 5.97 Å². The zero-order valence-corrected chi connectivity index (χ0v) is 15.3. The number of imidazole rings is 1. The SMILES string of the molecule is CCOc1cc(C(=O)Oc2ccccc2)cn2cc(C3CCCOC3)nc12. The molecule has 6 heteroatoms. The summed E-state index contributed by atoms with van der Waals surface area (Å²) in [7, 11) is 0. The van der Waals surface area contributed by atoms with Gasteiger partial charge in [-0.05, 0) is 31.9 Å². The summed E-state index contributed by atoms with van der Waals surface area (Å²) in [5, 5.41) is 0. The van der Waals surface area contributed by atoms with E-state index in [0.29, 0.717) is 35.9 Å². The number of benzene rings is 1. The van der Waals surface area contributed by atoms with E-state index in [-0.39, 0.29) is 5.92 Å². The van der Waals surface area contributed by atoms with Crippen molar-refractivity contribution in [1.29, 1.82) is 0 Å². The van der Waals surface area contributed by atoms with Gasteiger partial charge in [0.25, 0.3) is 0 Å². The van der Waals surface area contributed by atoms with Crippen molar-refractivity contribution in [2.45, 2.75) is 25.7 Å². The fourth-order valence-corrected chi connectivity index (χ4v) is 3.28. The molecule has 0 saturated carbocycles. The number of hydrogen-bond acceptors (Lipinski definition) is 5. The van der Waals surface area contributed by atoms with E-state index in [4.69, 9.17) is 19.2 Å². The van der Waals surface area contributed by atoms with Crippen molar-refractivity contribution >= 4 is 11.6 Å². The molecule has 3 aromatic rings. The summed E-state index contributed by atoms with van der Waals surface area (Å²) >= 11 is 0. The fourth-order valence-electron chi connectivity index (χ4n) is 3.28. The van der Waals surface area contributed by atoms with E-state index in [1.807, 2.05) is 35.7 Å². The van der Waals surface area contributed by atoms with Gasteiger partial charge in [-0.25, -0.2) is 9.78 Å². The van der Waals surface area contributed by atoms with Crippen LogP contribution in [0.5, 0.6) is 11.5 Å². The number of para-hydroxylation sites is 1. The number of esters is 1. The van der Waals surface area contributed by atoms with Crippen LogP contribution in [0.2, 0.25) is 0 Å². The van der Waals surface area contributed by atoms with E-state index in [2.05, 4.69) is 0 Å². The van der Waals surface area contributed by atoms with Gasteiger partial charge in [0.05, 0.1) is 24.5 Å². The molecule has 0 N–H and O–H groups in total. The maximum Gasteiger partial charge on any atom is 0.345 e. The molecule has 0 spiro atoms. The van der Waals surface area contributed by atoms with E-state index < -0.39 is 5.97 Å². The van der Waals surface area contributed by atoms with E-state index in [0.717, 1.165) is 25.1 Å². The summed E-state index contributed by atoms with van der Waals surface area (Å²) in [4.78, 5) is 17.3. The van der Waals surface area contributed by atoms with Crippen LogP contribution in [0, 0.1) is 0 Å². The topological polar surface area (TPSA) is 62.1 Å². The highest BCUT2D eigenvalue weighted by Crippen LogP contribution is 2.29. The number of aromatic nitrogens is 2. The summed E-state index contributed by atoms with van der Waals surface area (Å²) in [6, 6.07) is 10.7. The Morgan fingerprint density at radius 3 is 2.89 bits per heavy atom. The molecule has 0 radical (unpaired) electrons. The minimum atomic E-state index is -0.430. The summed E-state index contributed by atoms with van der Waals surface area (Å²) in [6.07, 6.45) is 5.78. The monoisotopic (exact) mass is 366 g/mol. The quantitative estimate of drug-likeness (QED) is 0.507. The second-order valence-corrected chi connectivity index (χ2v) is 6.54. The number of ether oxygens (including phenoxy) is 3. The Morgan fingerprint density at radius 1 is 1.30 bits per heavy atom. The Kier molecular flexibility index (Phi) is 5.07. The molecule has 0 aliphatic carbocycles. The van der Waals surface area contributed by atoms with Crippen molar-refractivity contribution in [3.8, 4) is 11.5 Å². The van der Waals surface area contributed by atoms with Crippen molar-refractivity contribution in [2.75, 3.05) is 19.8 Å². The minimum Gasteiger partial charge on any atom is -0.490 e. The molecule has 1 unspecified atom stereocenters. The molecular weight excluding hydrogens is 344 g/mol. The molecule has 140 valence electrons. The molecule has 3 heterocycles. The number of rotatable bonds is 5. The highest BCUT2D eigenvalue weighted by Gasteiger charge is 2.21. The van der Waals surface area contributed by atoms with Gasteiger partial charge in [0.15, 0.2) is 11.4 Å². The van der Waals surface area contributed by atoms with Gasteiger partial charge in [-0.2, -0.15) is 0 Å². The standard InChI is InChI=1S/C21H22N2O4/c1-2-26-19-11-16(21(24)27-17-8-4-3-5-9-17)12-23-13-18(22-20(19)23)15-7-6-10-25-14-15/h3-5,8-9,11-13,15H,2,6-7,10,14H2,1H3. The molecule has 1 aliphatic heterocycles. The van der Waals surface area contributed by atoms with Gasteiger partial charge in [-0.3, -0.25) is 0 Å². The Bertz CT molecular complexity index is 930. The highest BCUT2D eigenvalue weighted by atomic mass is 16.5. The molecule has 27 heavy (non-hydrogen) atoms. The van der Waals surface area contributed by atoms with Crippen LogP contribution in [0.3, 0.4) is 0 Å². The molecular formula is C21H22N2O4. The van der Waals surface area contributed by atoms with E-state index >= 15 is 0 Å². The van der Waals surface area contributed by atoms with E-state index in [1.54, 1.807) is 24.4 Å². The molecule has 0 amide bonds. The largest absolute Gasteiger partial charge is 0.490 e. The first-order valence-corrected chi connectivity index (χ1v) is 9.25. The summed E-state index contributed by atoms with van der Waals surface area (Å²) < 4.78 is 18.6. The number of fused-ring (bicyclic) bond motifs is 1. The number of carbonyl (C=O) groups excluding carboxylic acids is 1. The smallest absolute Gasteiger partial charge is 0.345 e. The molecule has 1 saturated heterocycles. The predicted molar refractivity (Wildman–Crippen MR) is 101 cm³/mol. The first kappa shape index (κ1) is 17.5. The van der Waals surface area contributed by atoms with Gasteiger partial charge in [-0.15, -0.1) is 0 Å². The van der Waals surface area contributed by atoms with E-state index in [9.17, 15) is 4.79 Å². The lowest BCUT2D eigenvalue weighted by Gasteiger charge is -2.19. The molecule has 0 bridgehead atoms. The second kappa shape index (κ2) is 7.80. The average molecular weight is 366 g/mol. The van der Waals surface area contributed by atoms with Gasteiger partial charge < -0.3 is 18.6 Å². The van der Waals surface area contributed by atoms with Crippen molar-refractivity contribution in [3.05, 3.63) is 60.0 Å². The average Bonchev–Trinajstić information content (AvgIpc) is 3.14. The minimum absolute atomic E-state index is 0.271. The third kappa shape index (κ3) is 3.80. The Labute approximate surface area is 157 Å². The normalized spacial score (nSPS) is 17.0. The lowest BCUT2D eigenvalue weighted by Crippen LogP contribution is -2.15. The lowest BCUT2D eigenvalue weighted by atomic mass is 9.99. The van der Waals surface area contributed by atoms with Crippen LogP contribution < -0.4 is 9.47 Å². The van der Waals surface area contributed by atoms with Crippen LogP contribution in [0.15, 0.2) is 48.8 Å². The highest BCUT2D eigenvalue weighted by molar-refractivity contribution is 5.92. The van der Waals surface area contributed by atoms with Gasteiger partial charge in [0.1, 0.15) is 5.75 Å². The molecule has 1 aromatic carbocycles. The number of hydrogen-bond donors (Lipinski definition) is 0. The van der Waals surface area contributed by atoms with Gasteiger partial charge in [0, 0.05) is 31.0 Å². The number of nitrogens with zero attached hydrogens (tertiary/aromatic N) is 2. The van der Waals surface area contributed by atoms with Crippen LogP contribution in [-0.4, -0.2) is 35.2 Å². The Hall–Kier alpha value is -2.86. The summed E-state index contributed by atoms with van der Waals surface area (Å²) in [5.74, 6) is 0.919.